The van der Waals surface area contributed by atoms with E-state index in [1.54, 1.807) is 24.3 Å². The Morgan fingerprint density at radius 3 is 2.43 bits per heavy atom. The first kappa shape index (κ1) is 15.1. The number of benzene rings is 2. The third kappa shape index (κ3) is 4.33. The number of anilines is 2. The third-order valence-electron chi connectivity index (χ3n) is 3.27. The maximum Gasteiger partial charge on any atom is 0.255 e. The van der Waals surface area contributed by atoms with Crippen LogP contribution in [0.25, 0.3) is 0 Å². The van der Waals surface area contributed by atoms with Gasteiger partial charge in [-0.3, -0.25) is 4.79 Å². The van der Waals surface area contributed by atoms with Crippen LogP contribution < -0.4 is 11.1 Å². The summed E-state index contributed by atoms with van der Waals surface area (Å²) in [6.45, 7) is 0.939. The van der Waals surface area contributed by atoms with Gasteiger partial charge < -0.3 is 16.0 Å². The first-order chi connectivity index (χ1) is 10.1. The summed E-state index contributed by atoms with van der Waals surface area (Å²) in [5.74, 6) is -0.118. The smallest absolute Gasteiger partial charge is 0.255 e. The van der Waals surface area contributed by atoms with Crippen LogP contribution >= 0.6 is 0 Å². The zero-order chi connectivity index (χ0) is 15.2. The third-order valence-corrected chi connectivity index (χ3v) is 3.27. The van der Waals surface area contributed by atoms with Gasteiger partial charge in [0, 0.05) is 23.5 Å². The molecule has 0 fully saturated rings. The first-order valence-electron chi connectivity index (χ1n) is 6.96. The molecule has 0 atom stereocenters. The summed E-state index contributed by atoms with van der Waals surface area (Å²) in [6, 6.07) is 14.8. The molecule has 0 unspecified atom stereocenters. The first-order valence-corrected chi connectivity index (χ1v) is 6.96. The fraction of sp³-hybridized carbons (Fsp3) is 0.235. The minimum Gasteiger partial charge on any atom is -0.399 e. The number of hydrogen-bond acceptors (Lipinski definition) is 3. The van der Waals surface area contributed by atoms with E-state index in [0.717, 1.165) is 24.2 Å². The Morgan fingerprint density at radius 1 is 1.10 bits per heavy atom. The summed E-state index contributed by atoms with van der Waals surface area (Å²) in [4.78, 5) is 14.4. The lowest BCUT2D eigenvalue weighted by atomic mass is 10.1. The summed E-state index contributed by atoms with van der Waals surface area (Å²) < 4.78 is 0. The Kier molecular flexibility index (Phi) is 4.95. The number of carbonyl (C=O) groups is 1. The second-order valence-corrected chi connectivity index (χ2v) is 5.29. The highest BCUT2D eigenvalue weighted by molar-refractivity contribution is 6.04. The number of nitrogen functional groups attached to an aromatic ring is 1. The van der Waals surface area contributed by atoms with Crippen molar-refractivity contribution >= 4 is 17.3 Å². The molecule has 0 bridgehead atoms. The lowest BCUT2D eigenvalue weighted by Crippen LogP contribution is -2.17. The fourth-order valence-electron chi connectivity index (χ4n) is 2.03. The fourth-order valence-corrected chi connectivity index (χ4v) is 2.03. The van der Waals surface area contributed by atoms with Crippen LogP contribution in [0.1, 0.15) is 15.9 Å². The van der Waals surface area contributed by atoms with Gasteiger partial charge in [0.05, 0.1) is 0 Å². The van der Waals surface area contributed by atoms with Crippen molar-refractivity contribution in [1.29, 1.82) is 0 Å². The lowest BCUT2D eigenvalue weighted by molar-refractivity contribution is 0.102. The number of likely N-dealkylation sites (N-methyl/N-ethyl adjacent to an activating group) is 1. The van der Waals surface area contributed by atoms with Crippen molar-refractivity contribution in [2.75, 3.05) is 31.7 Å². The monoisotopic (exact) mass is 283 g/mol. The molecule has 0 saturated carbocycles. The van der Waals surface area contributed by atoms with Crippen LogP contribution in [0.15, 0.2) is 48.5 Å². The zero-order valence-electron chi connectivity index (χ0n) is 12.5. The summed E-state index contributed by atoms with van der Waals surface area (Å²) in [5.41, 5.74) is 8.89. The van der Waals surface area contributed by atoms with Gasteiger partial charge in [-0.25, -0.2) is 0 Å². The molecule has 2 aromatic rings. The number of nitrogens with zero attached hydrogens (tertiary/aromatic N) is 1. The average molecular weight is 283 g/mol. The Hall–Kier alpha value is -2.33. The highest BCUT2D eigenvalue weighted by Crippen LogP contribution is 2.17. The highest BCUT2D eigenvalue weighted by Gasteiger charge is 2.09. The topological polar surface area (TPSA) is 58.4 Å². The highest BCUT2D eigenvalue weighted by atomic mass is 16.1. The summed E-state index contributed by atoms with van der Waals surface area (Å²) >= 11 is 0. The van der Waals surface area contributed by atoms with E-state index in [4.69, 9.17) is 5.73 Å². The van der Waals surface area contributed by atoms with Gasteiger partial charge in [-0.15, -0.1) is 0 Å². The normalized spacial score (nSPS) is 10.6. The predicted molar refractivity (Wildman–Crippen MR) is 87.5 cm³/mol. The van der Waals surface area contributed by atoms with Crippen molar-refractivity contribution in [3.63, 3.8) is 0 Å². The molecule has 0 heterocycles. The summed E-state index contributed by atoms with van der Waals surface area (Å²) in [7, 11) is 4.07. The largest absolute Gasteiger partial charge is 0.399 e. The van der Waals surface area contributed by atoms with Crippen LogP contribution in [-0.4, -0.2) is 31.4 Å². The van der Waals surface area contributed by atoms with Crippen LogP contribution in [0.3, 0.4) is 0 Å². The molecule has 4 nitrogen and oxygen atoms in total. The predicted octanol–water partition coefficient (Wildman–Crippen LogP) is 2.63. The molecule has 0 saturated heterocycles. The summed E-state index contributed by atoms with van der Waals surface area (Å²) in [6.07, 6.45) is 0.894. The van der Waals surface area contributed by atoms with Gasteiger partial charge in [-0.05, 0) is 56.4 Å². The molecule has 21 heavy (non-hydrogen) atoms. The number of hydrogen-bond donors (Lipinski definition) is 2. The van der Waals surface area contributed by atoms with Crippen LogP contribution in [0.2, 0.25) is 0 Å². The zero-order valence-corrected chi connectivity index (χ0v) is 12.5. The maximum atomic E-state index is 12.3. The van der Waals surface area contributed by atoms with E-state index < -0.39 is 0 Å². The number of nitrogens with one attached hydrogen (secondary N) is 1. The van der Waals surface area contributed by atoms with Crippen LogP contribution in [0.4, 0.5) is 11.4 Å². The van der Waals surface area contributed by atoms with E-state index in [0.29, 0.717) is 11.3 Å². The molecule has 0 aliphatic rings. The lowest BCUT2D eigenvalue weighted by Gasteiger charge is -2.14. The van der Waals surface area contributed by atoms with Crippen molar-refractivity contribution < 1.29 is 4.79 Å². The number of rotatable bonds is 5. The van der Waals surface area contributed by atoms with Gasteiger partial charge in [0.1, 0.15) is 0 Å². The van der Waals surface area contributed by atoms with Crippen molar-refractivity contribution in [1.82, 2.24) is 4.90 Å². The van der Waals surface area contributed by atoms with E-state index in [1.165, 1.54) is 0 Å². The quantitative estimate of drug-likeness (QED) is 0.829. The van der Waals surface area contributed by atoms with E-state index in [9.17, 15) is 4.79 Å². The van der Waals surface area contributed by atoms with Gasteiger partial charge >= 0.3 is 0 Å². The van der Waals surface area contributed by atoms with E-state index in [2.05, 4.69) is 10.2 Å². The van der Waals surface area contributed by atoms with Crippen molar-refractivity contribution in [2.45, 2.75) is 6.42 Å². The van der Waals surface area contributed by atoms with Gasteiger partial charge in [0.15, 0.2) is 0 Å². The molecule has 0 radical (unpaired) electrons. The molecular weight excluding hydrogens is 262 g/mol. The van der Waals surface area contributed by atoms with Crippen molar-refractivity contribution in [2.24, 2.45) is 0 Å². The molecule has 4 heteroatoms. The average Bonchev–Trinajstić information content (AvgIpc) is 2.47. The van der Waals surface area contributed by atoms with Crippen LogP contribution in [-0.2, 0) is 6.42 Å². The van der Waals surface area contributed by atoms with Gasteiger partial charge in [0.2, 0.25) is 0 Å². The minimum atomic E-state index is -0.118. The summed E-state index contributed by atoms with van der Waals surface area (Å²) in [5, 5.41) is 2.97. The van der Waals surface area contributed by atoms with Gasteiger partial charge in [-0.1, -0.05) is 18.2 Å². The molecule has 0 aliphatic heterocycles. The molecular formula is C17H21N3O. The Balaban J connectivity index is 2.11. The maximum absolute atomic E-state index is 12.3. The van der Waals surface area contributed by atoms with E-state index >= 15 is 0 Å². The molecule has 110 valence electrons. The van der Waals surface area contributed by atoms with Gasteiger partial charge in [0.25, 0.3) is 5.91 Å². The molecule has 0 aromatic heterocycles. The number of amides is 1. The van der Waals surface area contributed by atoms with Crippen LogP contribution in [0.5, 0.6) is 0 Å². The molecule has 2 aromatic carbocycles. The number of para-hydroxylation sites is 1. The van der Waals surface area contributed by atoms with Crippen molar-refractivity contribution in [3.05, 3.63) is 59.7 Å². The Bertz CT molecular complexity index is 606. The SMILES string of the molecule is CN(C)CCc1ccccc1NC(=O)c1ccc(N)cc1. The van der Waals surface area contributed by atoms with E-state index in [1.807, 2.05) is 38.4 Å². The van der Waals surface area contributed by atoms with Gasteiger partial charge in [-0.2, -0.15) is 0 Å². The molecule has 0 aliphatic carbocycles. The Morgan fingerprint density at radius 2 is 1.76 bits per heavy atom. The standard InChI is InChI=1S/C17H21N3O/c1-20(2)12-11-13-5-3-4-6-16(13)19-17(21)14-7-9-15(18)10-8-14/h3-10H,11-12,18H2,1-2H3,(H,19,21). The number of nitrogens with two attached hydrogens (primary N) is 1. The molecule has 2 rings (SSSR count). The van der Waals surface area contributed by atoms with E-state index in [-0.39, 0.29) is 5.91 Å². The molecule has 3 N–H and O–H groups in total. The second-order valence-electron chi connectivity index (χ2n) is 5.29. The molecule has 1 amide bonds. The number of carbonyl (C=O) groups excluding carboxylic acids is 1. The molecule has 0 spiro atoms. The second kappa shape index (κ2) is 6.90. The Labute approximate surface area is 125 Å². The van der Waals surface area contributed by atoms with Crippen LogP contribution in [0, 0.1) is 0 Å². The van der Waals surface area contributed by atoms with Crippen molar-refractivity contribution in [3.8, 4) is 0 Å². The minimum absolute atomic E-state index is 0.118.